The van der Waals surface area contributed by atoms with Crippen molar-refractivity contribution in [3.05, 3.63) is 29.2 Å². The monoisotopic (exact) mass is 278 g/mol. The molecular weight excluding hydrogens is 268 g/mol. The second kappa shape index (κ2) is 4.47. The van der Waals surface area contributed by atoms with E-state index in [0.29, 0.717) is 17.5 Å². The van der Waals surface area contributed by atoms with Gasteiger partial charge in [-0.2, -0.15) is 19.6 Å². The summed E-state index contributed by atoms with van der Waals surface area (Å²) in [6.07, 6.45) is 3.08. The van der Waals surface area contributed by atoms with Crippen molar-refractivity contribution in [1.82, 2.24) is 34.3 Å². The number of aryl methyl sites for hydroxylation is 1. The van der Waals surface area contributed by atoms with Crippen LogP contribution in [0.15, 0.2) is 12.7 Å². The van der Waals surface area contributed by atoms with E-state index in [1.807, 2.05) is 18.5 Å². The highest BCUT2D eigenvalue weighted by atomic mass is 35.5. The third-order valence-corrected chi connectivity index (χ3v) is 3.19. The summed E-state index contributed by atoms with van der Waals surface area (Å²) in [7, 11) is 1.88. The molecule has 3 aromatic rings. The summed E-state index contributed by atoms with van der Waals surface area (Å²) < 4.78 is 3.45. The van der Waals surface area contributed by atoms with E-state index in [9.17, 15) is 0 Å². The van der Waals surface area contributed by atoms with Crippen molar-refractivity contribution in [2.75, 3.05) is 5.32 Å². The van der Waals surface area contributed by atoms with Crippen LogP contribution in [0.25, 0.3) is 5.78 Å². The molecule has 0 unspecified atom stereocenters. The number of aromatic nitrogens is 7. The van der Waals surface area contributed by atoms with Crippen LogP contribution in [0.1, 0.15) is 11.4 Å². The quantitative estimate of drug-likeness (QED) is 0.714. The van der Waals surface area contributed by atoms with E-state index in [4.69, 9.17) is 11.6 Å². The van der Waals surface area contributed by atoms with Gasteiger partial charge < -0.3 is 9.88 Å². The van der Waals surface area contributed by atoms with Gasteiger partial charge in [-0.1, -0.05) is 11.6 Å². The maximum atomic E-state index is 6.08. The number of anilines is 1. The van der Waals surface area contributed by atoms with E-state index < -0.39 is 0 Å². The van der Waals surface area contributed by atoms with Gasteiger partial charge in [0, 0.05) is 12.6 Å². The van der Waals surface area contributed by atoms with E-state index in [-0.39, 0.29) is 0 Å². The molecule has 0 bridgehead atoms. The van der Waals surface area contributed by atoms with Gasteiger partial charge in [0.1, 0.15) is 23.6 Å². The molecule has 8 nitrogen and oxygen atoms in total. The molecule has 98 valence electrons. The molecule has 0 amide bonds. The molecule has 19 heavy (non-hydrogen) atoms. The Labute approximate surface area is 113 Å². The highest BCUT2D eigenvalue weighted by Crippen LogP contribution is 2.22. The van der Waals surface area contributed by atoms with Gasteiger partial charge in [-0.25, -0.2) is 0 Å². The summed E-state index contributed by atoms with van der Waals surface area (Å²) in [5, 5.41) is 15.6. The molecule has 0 saturated heterocycles. The van der Waals surface area contributed by atoms with Crippen molar-refractivity contribution < 1.29 is 0 Å². The van der Waals surface area contributed by atoms with E-state index in [1.54, 1.807) is 10.8 Å². The first-order chi connectivity index (χ1) is 9.16. The number of rotatable bonds is 3. The fraction of sp³-hybridized carbons (Fsp3) is 0.300. The van der Waals surface area contributed by atoms with Crippen LogP contribution in [0.5, 0.6) is 0 Å². The van der Waals surface area contributed by atoms with E-state index in [0.717, 1.165) is 17.2 Å². The average molecular weight is 279 g/mol. The van der Waals surface area contributed by atoms with Gasteiger partial charge in [0.15, 0.2) is 5.82 Å². The number of fused-ring (bicyclic) bond motifs is 1. The molecule has 3 heterocycles. The molecule has 0 aliphatic rings. The lowest BCUT2D eigenvalue weighted by Crippen LogP contribution is -2.11. The van der Waals surface area contributed by atoms with Crippen molar-refractivity contribution >= 4 is 23.2 Å². The van der Waals surface area contributed by atoms with Crippen LogP contribution in [0.4, 0.5) is 5.82 Å². The lowest BCUT2D eigenvalue weighted by atomic mass is 10.3. The van der Waals surface area contributed by atoms with Crippen molar-refractivity contribution in [1.29, 1.82) is 0 Å². The molecule has 1 N–H and O–H groups in total. The van der Waals surface area contributed by atoms with Gasteiger partial charge in [-0.15, -0.1) is 10.2 Å². The molecule has 3 rings (SSSR count). The van der Waals surface area contributed by atoms with Gasteiger partial charge in [0.05, 0.1) is 6.54 Å². The van der Waals surface area contributed by atoms with Crippen LogP contribution in [0, 0.1) is 6.92 Å². The van der Waals surface area contributed by atoms with Crippen molar-refractivity contribution in [3.8, 4) is 0 Å². The summed E-state index contributed by atoms with van der Waals surface area (Å²) in [6.45, 7) is 2.38. The smallest absolute Gasteiger partial charge is 0.255 e. The summed E-state index contributed by atoms with van der Waals surface area (Å²) in [5.74, 6) is 2.01. The fourth-order valence-electron chi connectivity index (χ4n) is 1.74. The van der Waals surface area contributed by atoms with E-state index >= 15 is 0 Å². The SMILES string of the molecule is Cc1c(Cl)nc2ncnn2c1NCc1nncn1C. The van der Waals surface area contributed by atoms with Crippen molar-refractivity contribution in [2.45, 2.75) is 13.5 Å². The summed E-state index contributed by atoms with van der Waals surface area (Å²) in [6, 6.07) is 0. The standard InChI is InChI=1S/C10H11ClN8/c1-6-8(11)16-10-13-4-15-19(10)9(6)12-3-7-17-14-5-18(7)2/h4-5,12H,3H2,1-2H3. The van der Waals surface area contributed by atoms with Gasteiger partial charge in [0.2, 0.25) is 0 Å². The Bertz CT molecular complexity index is 730. The second-order valence-corrected chi connectivity index (χ2v) is 4.42. The normalized spacial score (nSPS) is 11.1. The second-order valence-electron chi connectivity index (χ2n) is 4.06. The topological polar surface area (TPSA) is 85.8 Å². The van der Waals surface area contributed by atoms with Gasteiger partial charge in [-0.05, 0) is 6.92 Å². The number of nitrogens with zero attached hydrogens (tertiary/aromatic N) is 7. The molecule has 0 atom stereocenters. The Kier molecular flexibility index (Phi) is 2.79. The third-order valence-electron chi connectivity index (χ3n) is 2.82. The predicted octanol–water partition coefficient (Wildman–Crippen LogP) is 0.827. The van der Waals surface area contributed by atoms with Crippen LogP contribution in [-0.2, 0) is 13.6 Å². The third kappa shape index (κ3) is 1.99. The zero-order valence-corrected chi connectivity index (χ0v) is 11.1. The average Bonchev–Trinajstić information content (AvgIpc) is 2.99. The first-order valence-corrected chi connectivity index (χ1v) is 5.97. The van der Waals surface area contributed by atoms with Gasteiger partial charge >= 0.3 is 0 Å². The molecule has 0 spiro atoms. The molecular formula is C10H11ClN8. The Hall–Kier alpha value is -2.22. The van der Waals surface area contributed by atoms with Crippen molar-refractivity contribution in [3.63, 3.8) is 0 Å². The maximum absolute atomic E-state index is 6.08. The molecule has 9 heteroatoms. The Morgan fingerprint density at radius 1 is 1.42 bits per heavy atom. The lowest BCUT2D eigenvalue weighted by molar-refractivity contribution is 0.802. The zero-order valence-electron chi connectivity index (χ0n) is 10.4. The van der Waals surface area contributed by atoms with Crippen LogP contribution >= 0.6 is 11.6 Å². The molecule has 0 radical (unpaired) electrons. The molecule has 0 aromatic carbocycles. The fourth-order valence-corrected chi connectivity index (χ4v) is 1.90. The van der Waals surface area contributed by atoms with Gasteiger partial charge in [-0.3, -0.25) is 0 Å². The highest BCUT2D eigenvalue weighted by molar-refractivity contribution is 6.30. The molecule has 3 aromatic heterocycles. The van der Waals surface area contributed by atoms with Crippen molar-refractivity contribution in [2.24, 2.45) is 7.05 Å². The van der Waals surface area contributed by atoms with E-state index in [1.165, 1.54) is 6.33 Å². The predicted molar refractivity (Wildman–Crippen MR) is 68.9 cm³/mol. The van der Waals surface area contributed by atoms with Crippen LogP contribution in [0.3, 0.4) is 0 Å². The number of hydrogen-bond acceptors (Lipinski definition) is 6. The Balaban J connectivity index is 1.98. The Morgan fingerprint density at radius 3 is 3.00 bits per heavy atom. The minimum absolute atomic E-state index is 0.404. The number of halogens is 1. The largest absolute Gasteiger partial charge is 0.362 e. The minimum Gasteiger partial charge on any atom is -0.362 e. The molecule has 0 fully saturated rings. The minimum atomic E-state index is 0.404. The number of hydrogen-bond donors (Lipinski definition) is 1. The van der Waals surface area contributed by atoms with Crippen LogP contribution in [0.2, 0.25) is 5.15 Å². The maximum Gasteiger partial charge on any atom is 0.255 e. The molecule has 0 aliphatic carbocycles. The van der Waals surface area contributed by atoms with E-state index in [2.05, 4.69) is 30.6 Å². The summed E-state index contributed by atoms with van der Waals surface area (Å²) in [4.78, 5) is 8.17. The molecule has 0 saturated carbocycles. The first-order valence-electron chi connectivity index (χ1n) is 5.59. The summed E-state index contributed by atoms with van der Waals surface area (Å²) >= 11 is 6.08. The zero-order chi connectivity index (χ0) is 13.4. The first kappa shape index (κ1) is 11.8. The highest BCUT2D eigenvalue weighted by Gasteiger charge is 2.12. The molecule has 0 aliphatic heterocycles. The van der Waals surface area contributed by atoms with Crippen LogP contribution < -0.4 is 5.32 Å². The Morgan fingerprint density at radius 2 is 2.26 bits per heavy atom. The lowest BCUT2D eigenvalue weighted by Gasteiger charge is -2.11. The number of nitrogens with one attached hydrogen (secondary N) is 1. The van der Waals surface area contributed by atoms with Gasteiger partial charge in [0.25, 0.3) is 5.78 Å². The summed E-state index contributed by atoms with van der Waals surface area (Å²) in [5.41, 5.74) is 0.807. The van der Waals surface area contributed by atoms with Crippen LogP contribution in [-0.4, -0.2) is 34.3 Å².